The van der Waals surface area contributed by atoms with Crippen molar-refractivity contribution in [2.45, 2.75) is 57.6 Å². The van der Waals surface area contributed by atoms with Crippen molar-refractivity contribution in [2.75, 3.05) is 13.2 Å². The summed E-state index contributed by atoms with van der Waals surface area (Å²) < 4.78 is 5.54. The Bertz CT molecular complexity index is 221. The molecule has 1 saturated heterocycles. The molecule has 1 amide bonds. The number of carbonyl (C=O) groups is 1. The molecule has 0 spiro atoms. The number of nitrogens with two attached hydrogens (primary N) is 1. The van der Waals surface area contributed by atoms with Gasteiger partial charge in [-0.05, 0) is 32.6 Å². The van der Waals surface area contributed by atoms with E-state index in [1.165, 1.54) is 6.42 Å². The molecule has 1 aliphatic heterocycles. The van der Waals surface area contributed by atoms with Crippen molar-refractivity contribution in [1.82, 2.24) is 5.32 Å². The summed E-state index contributed by atoms with van der Waals surface area (Å²) in [6, 6.07) is 0. The highest BCUT2D eigenvalue weighted by molar-refractivity contribution is 5.77. The Morgan fingerprint density at radius 2 is 2.31 bits per heavy atom. The van der Waals surface area contributed by atoms with Crippen molar-refractivity contribution >= 4 is 5.91 Å². The monoisotopic (exact) mass is 228 g/mol. The fourth-order valence-electron chi connectivity index (χ4n) is 1.85. The standard InChI is InChI=1S/C12H24N2O2/c1-3-12(2,9-13)14-11(15)8-10-6-4-5-7-16-10/h10H,3-9,13H2,1-2H3,(H,14,15). The van der Waals surface area contributed by atoms with Gasteiger partial charge in [0.05, 0.1) is 12.5 Å². The van der Waals surface area contributed by atoms with Crippen LogP contribution >= 0.6 is 0 Å². The summed E-state index contributed by atoms with van der Waals surface area (Å²) in [4.78, 5) is 11.8. The van der Waals surface area contributed by atoms with E-state index in [1.54, 1.807) is 0 Å². The van der Waals surface area contributed by atoms with Gasteiger partial charge in [-0.15, -0.1) is 0 Å². The second-order valence-electron chi connectivity index (χ2n) is 4.86. The van der Waals surface area contributed by atoms with Crippen molar-refractivity contribution in [3.8, 4) is 0 Å². The highest BCUT2D eigenvalue weighted by Crippen LogP contribution is 2.16. The fraction of sp³-hybridized carbons (Fsp3) is 0.917. The van der Waals surface area contributed by atoms with E-state index in [0.717, 1.165) is 25.9 Å². The van der Waals surface area contributed by atoms with E-state index in [-0.39, 0.29) is 17.6 Å². The topological polar surface area (TPSA) is 64.3 Å². The first kappa shape index (κ1) is 13.5. The van der Waals surface area contributed by atoms with Gasteiger partial charge in [-0.3, -0.25) is 4.79 Å². The zero-order valence-electron chi connectivity index (χ0n) is 10.4. The van der Waals surface area contributed by atoms with Crippen LogP contribution in [0.15, 0.2) is 0 Å². The molecule has 16 heavy (non-hydrogen) atoms. The molecule has 0 aromatic heterocycles. The summed E-state index contributed by atoms with van der Waals surface area (Å²) >= 11 is 0. The maximum atomic E-state index is 11.8. The molecule has 4 heteroatoms. The lowest BCUT2D eigenvalue weighted by molar-refractivity contribution is -0.126. The zero-order valence-corrected chi connectivity index (χ0v) is 10.4. The molecule has 4 nitrogen and oxygen atoms in total. The predicted molar refractivity (Wildman–Crippen MR) is 64.1 cm³/mol. The molecule has 0 aromatic carbocycles. The average molecular weight is 228 g/mol. The molecular weight excluding hydrogens is 204 g/mol. The van der Waals surface area contributed by atoms with E-state index in [4.69, 9.17) is 10.5 Å². The van der Waals surface area contributed by atoms with Crippen LogP contribution in [0.1, 0.15) is 46.0 Å². The third kappa shape index (κ3) is 4.10. The molecule has 94 valence electrons. The van der Waals surface area contributed by atoms with Gasteiger partial charge in [-0.25, -0.2) is 0 Å². The molecule has 2 atom stereocenters. The maximum Gasteiger partial charge on any atom is 0.223 e. The van der Waals surface area contributed by atoms with Crippen LogP contribution in [0.25, 0.3) is 0 Å². The van der Waals surface area contributed by atoms with Gasteiger partial charge in [0.15, 0.2) is 0 Å². The van der Waals surface area contributed by atoms with E-state index in [1.807, 2.05) is 13.8 Å². The summed E-state index contributed by atoms with van der Waals surface area (Å²) in [6.07, 6.45) is 4.70. The molecule has 2 unspecified atom stereocenters. The van der Waals surface area contributed by atoms with Crippen LogP contribution in [-0.4, -0.2) is 30.7 Å². The molecular formula is C12H24N2O2. The second-order valence-corrected chi connectivity index (χ2v) is 4.86. The quantitative estimate of drug-likeness (QED) is 0.743. The van der Waals surface area contributed by atoms with Gasteiger partial charge in [0, 0.05) is 18.7 Å². The first-order valence-corrected chi connectivity index (χ1v) is 6.22. The first-order chi connectivity index (χ1) is 7.59. The van der Waals surface area contributed by atoms with Crippen molar-refractivity contribution in [2.24, 2.45) is 5.73 Å². The van der Waals surface area contributed by atoms with Gasteiger partial charge in [-0.1, -0.05) is 6.92 Å². The average Bonchev–Trinajstić information content (AvgIpc) is 2.30. The number of carbonyl (C=O) groups excluding carboxylic acids is 1. The van der Waals surface area contributed by atoms with Crippen LogP contribution in [0.4, 0.5) is 0 Å². The van der Waals surface area contributed by atoms with Crippen LogP contribution in [0.5, 0.6) is 0 Å². The Balaban J connectivity index is 2.34. The SMILES string of the molecule is CCC(C)(CN)NC(=O)CC1CCCCO1. The number of ether oxygens (including phenoxy) is 1. The molecule has 1 aliphatic rings. The van der Waals surface area contributed by atoms with Gasteiger partial charge in [0.25, 0.3) is 0 Å². The maximum absolute atomic E-state index is 11.8. The van der Waals surface area contributed by atoms with Crippen molar-refractivity contribution in [1.29, 1.82) is 0 Å². The Morgan fingerprint density at radius 3 is 2.81 bits per heavy atom. The highest BCUT2D eigenvalue weighted by atomic mass is 16.5. The van der Waals surface area contributed by atoms with Crippen LogP contribution in [0.3, 0.4) is 0 Å². The summed E-state index contributed by atoms with van der Waals surface area (Å²) in [5.74, 6) is 0.0571. The fourth-order valence-corrected chi connectivity index (χ4v) is 1.85. The predicted octanol–water partition coefficient (Wildman–Crippen LogP) is 1.19. The molecule has 0 aliphatic carbocycles. The largest absolute Gasteiger partial charge is 0.378 e. The van der Waals surface area contributed by atoms with Crippen LogP contribution in [0.2, 0.25) is 0 Å². The summed E-state index contributed by atoms with van der Waals surface area (Å²) in [5.41, 5.74) is 5.38. The van der Waals surface area contributed by atoms with Gasteiger partial charge < -0.3 is 15.8 Å². The highest BCUT2D eigenvalue weighted by Gasteiger charge is 2.24. The van der Waals surface area contributed by atoms with Crippen molar-refractivity contribution in [3.63, 3.8) is 0 Å². The Labute approximate surface area is 97.9 Å². The molecule has 0 radical (unpaired) electrons. The molecule has 0 aromatic rings. The van der Waals surface area contributed by atoms with E-state index in [2.05, 4.69) is 5.32 Å². The minimum Gasteiger partial charge on any atom is -0.378 e. The number of amides is 1. The van der Waals surface area contributed by atoms with Gasteiger partial charge >= 0.3 is 0 Å². The minimum atomic E-state index is -0.272. The lowest BCUT2D eigenvalue weighted by Gasteiger charge is -2.29. The molecule has 0 saturated carbocycles. The lowest BCUT2D eigenvalue weighted by Crippen LogP contribution is -2.51. The number of nitrogens with one attached hydrogen (secondary N) is 1. The van der Waals surface area contributed by atoms with E-state index >= 15 is 0 Å². The Morgan fingerprint density at radius 1 is 1.56 bits per heavy atom. The number of hydrogen-bond donors (Lipinski definition) is 2. The lowest BCUT2D eigenvalue weighted by atomic mass is 9.98. The third-order valence-corrected chi connectivity index (χ3v) is 3.36. The van der Waals surface area contributed by atoms with Crippen LogP contribution < -0.4 is 11.1 Å². The Kier molecular flexibility index (Phi) is 5.22. The van der Waals surface area contributed by atoms with Crippen molar-refractivity contribution < 1.29 is 9.53 Å². The van der Waals surface area contributed by atoms with Crippen molar-refractivity contribution in [3.05, 3.63) is 0 Å². The minimum absolute atomic E-state index is 0.0571. The van der Waals surface area contributed by atoms with Crippen LogP contribution in [-0.2, 0) is 9.53 Å². The van der Waals surface area contributed by atoms with Gasteiger partial charge in [-0.2, -0.15) is 0 Å². The zero-order chi connectivity index (χ0) is 12.0. The molecule has 0 bridgehead atoms. The second kappa shape index (κ2) is 6.21. The first-order valence-electron chi connectivity index (χ1n) is 6.22. The van der Waals surface area contributed by atoms with Gasteiger partial charge in [0.1, 0.15) is 0 Å². The number of rotatable bonds is 5. The summed E-state index contributed by atoms with van der Waals surface area (Å²) in [5, 5.41) is 3.00. The third-order valence-electron chi connectivity index (χ3n) is 3.36. The van der Waals surface area contributed by atoms with E-state index in [9.17, 15) is 4.79 Å². The molecule has 3 N–H and O–H groups in total. The molecule has 1 rings (SSSR count). The van der Waals surface area contributed by atoms with Gasteiger partial charge in [0.2, 0.25) is 5.91 Å². The summed E-state index contributed by atoms with van der Waals surface area (Å²) in [6.45, 7) is 5.28. The summed E-state index contributed by atoms with van der Waals surface area (Å²) in [7, 11) is 0. The molecule has 1 fully saturated rings. The van der Waals surface area contributed by atoms with Crippen LogP contribution in [0, 0.1) is 0 Å². The van der Waals surface area contributed by atoms with E-state index < -0.39 is 0 Å². The Hall–Kier alpha value is -0.610. The van der Waals surface area contributed by atoms with E-state index in [0.29, 0.717) is 13.0 Å². The normalized spacial score (nSPS) is 24.8. The molecule has 1 heterocycles. The smallest absolute Gasteiger partial charge is 0.223 e. The number of hydrogen-bond acceptors (Lipinski definition) is 3.